The fraction of sp³-hybridized carbons (Fsp3) is 0.706. The van der Waals surface area contributed by atoms with Crippen LogP contribution in [0.15, 0.2) is 24.4 Å². The van der Waals surface area contributed by atoms with Crippen LogP contribution in [0.25, 0.3) is 0 Å². The summed E-state index contributed by atoms with van der Waals surface area (Å²) in [5.74, 6) is 0. The molecule has 4 heterocycles. The molecule has 1 aromatic heterocycles. The van der Waals surface area contributed by atoms with Crippen molar-refractivity contribution in [2.24, 2.45) is 0 Å². The van der Waals surface area contributed by atoms with Gasteiger partial charge in [-0.1, -0.05) is 12.5 Å². The second-order valence-electron chi connectivity index (χ2n) is 6.68. The summed E-state index contributed by atoms with van der Waals surface area (Å²) in [6, 6.07) is 5.67. The van der Waals surface area contributed by atoms with Gasteiger partial charge in [-0.2, -0.15) is 0 Å². The second kappa shape index (κ2) is 6.83. The summed E-state index contributed by atoms with van der Waals surface area (Å²) < 4.78 is 11.8. The van der Waals surface area contributed by atoms with Crippen molar-refractivity contribution in [2.45, 2.75) is 56.4 Å². The lowest BCUT2D eigenvalue weighted by Crippen LogP contribution is -2.64. The van der Waals surface area contributed by atoms with Crippen molar-refractivity contribution in [1.29, 1.82) is 0 Å². The number of ether oxygens (including phenoxy) is 2. The van der Waals surface area contributed by atoms with E-state index in [2.05, 4.69) is 15.2 Å². The zero-order valence-electron chi connectivity index (χ0n) is 13.3. The minimum atomic E-state index is -0.483. The van der Waals surface area contributed by atoms with Gasteiger partial charge >= 0.3 is 0 Å². The topological polar surface area (TPSA) is 66.8 Å². The maximum absolute atomic E-state index is 11.0. The predicted octanol–water partition coefficient (Wildman–Crippen LogP) is 0.510. The van der Waals surface area contributed by atoms with Crippen LogP contribution in [-0.2, 0) is 16.0 Å². The van der Waals surface area contributed by atoms with Gasteiger partial charge in [0.05, 0.1) is 30.5 Å². The number of nitrogens with zero attached hydrogens (tertiary/aromatic N) is 2. The Kier molecular flexibility index (Phi) is 4.59. The Morgan fingerprint density at radius 2 is 2.13 bits per heavy atom. The molecule has 23 heavy (non-hydrogen) atoms. The number of hydrogen-bond acceptors (Lipinski definition) is 6. The molecule has 0 aliphatic carbocycles. The molecule has 3 aliphatic heterocycles. The molecule has 0 aromatic carbocycles. The van der Waals surface area contributed by atoms with Crippen molar-refractivity contribution in [3.63, 3.8) is 0 Å². The lowest BCUT2D eigenvalue weighted by atomic mass is 9.93. The summed E-state index contributed by atoms with van der Waals surface area (Å²) in [6.45, 7) is 3.21. The van der Waals surface area contributed by atoms with E-state index in [-0.39, 0.29) is 24.5 Å². The molecule has 4 rings (SSSR count). The molecule has 3 saturated heterocycles. The van der Waals surface area contributed by atoms with Crippen LogP contribution in [0.4, 0.5) is 0 Å². The fourth-order valence-corrected chi connectivity index (χ4v) is 3.98. The molecule has 0 saturated carbocycles. The molecule has 6 nitrogen and oxygen atoms in total. The first-order valence-electron chi connectivity index (χ1n) is 8.65. The monoisotopic (exact) mass is 319 g/mol. The third-order valence-electron chi connectivity index (χ3n) is 5.19. The van der Waals surface area contributed by atoms with Gasteiger partial charge in [0.1, 0.15) is 6.10 Å². The van der Waals surface area contributed by atoms with Gasteiger partial charge in [-0.3, -0.25) is 9.88 Å². The largest absolute Gasteiger partial charge is 0.390 e. The minimum Gasteiger partial charge on any atom is -0.390 e. The summed E-state index contributed by atoms with van der Waals surface area (Å²) >= 11 is 0. The lowest BCUT2D eigenvalue weighted by Gasteiger charge is -2.45. The number of nitrogens with one attached hydrogen (secondary N) is 1. The van der Waals surface area contributed by atoms with Crippen molar-refractivity contribution in [1.82, 2.24) is 15.2 Å². The van der Waals surface area contributed by atoms with Crippen LogP contribution in [0.2, 0.25) is 0 Å². The Labute approximate surface area is 136 Å². The van der Waals surface area contributed by atoms with Crippen LogP contribution in [-0.4, -0.2) is 65.3 Å². The maximum Gasteiger partial charge on any atom is 0.176 e. The van der Waals surface area contributed by atoms with Gasteiger partial charge in [0.2, 0.25) is 0 Å². The summed E-state index contributed by atoms with van der Waals surface area (Å²) in [7, 11) is 0. The zero-order chi connectivity index (χ0) is 15.6. The van der Waals surface area contributed by atoms with Gasteiger partial charge in [0, 0.05) is 12.7 Å². The summed E-state index contributed by atoms with van der Waals surface area (Å²) in [4.78, 5) is 6.67. The SMILES string of the molecule is OC1C(NCc2ccccn2)C2COC(O2)C1N1CCCCC1. The van der Waals surface area contributed by atoms with Crippen LogP contribution in [0, 0.1) is 0 Å². The molecule has 6 heteroatoms. The first-order chi connectivity index (χ1) is 11.3. The highest BCUT2D eigenvalue weighted by molar-refractivity contribution is 5.06. The number of likely N-dealkylation sites (tertiary alicyclic amines) is 1. The molecule has 3 fully saturated rings. The van der Waals surface area contributed by atoms with Crippen LogP contribution in [0.5, 0.6) is 0 Å². The minimum absolute atomic E-state index is 0.0738. The highest BCUT2D eigenvalue weighted by atomic mass is 16.7. The first-order valence-corrected chi connectivity index (χ1v) is 8.65. The molecule has 2 N–H and O–H groups in total. The number of piperidine rings is 1. The molecule has 5 atom stereocenters. The number of aromatic nitrogens is 1. The van der Waals surface area contributed by atoms with Crippen LogP contribution in [0.1, 0.15) is 25.0 Å². The zero-order valence-corrected chi connectivity index (χ0v) is 13.3. The molecular weight excluding hydrogens is 294 g/mol. The predicted molar refractivity (Wildman–Crippen MR) is 84.7 cm³/mol. The smallest absolute Gasteiger partial charge is 0.176 e. The number of rotatable bonds is 4. The molecule has 0 radical (unpaired) electrons. The molecule has 1 aromatic rings. The van der Waals surface area contributed by atoms with E-state index in [4.69, 9.17) is 9.47 Å². The lowest BCUT2D eigenvalue weighted by molar-refractivity contribution is -0.184. The Bertz CT molecular complexity index is 509. The first kappa shape index (κ1) is 15.5. The highest BCUT2D eigenvalue weighted by Crippen LogP contribution is 2.32. The van der Waals surface area contributed by atoms with E-state index < -0.39 is 6.10 Å². The number of aliphatic hydroxyl groups excluding tert-OH is 1. The van der Waals surface area contributed by atoms with Gasteiger partial charge in [-0.15, -0.1) is 0 Å². The molecule has 0 amide bonds. The summed E-state index contributed by atoms with van der Waals surface area (Å²) in [5, 5.41) is 14.4. The molecule has 126 valence electrons. The second-order valence-corrected chi connectivity index (χ2v) is 6.68. The third-order valence-corrected chi connectivity index (χ3v) is 5.19. The van der Waals surface area contributed by atoms with E-state index in [0.29, 0.717) is 13.2 Å². The van der Waals surface area contributed by atoms with Crippen LogP contribution in [0.3, 0.4) is 0 Å². The van der Waals surface area contributed by atoms with Crippen molar-refractivity contribution < 1.29 is 14.6 Å². The standard InChI is InChI=1S/C17H25N3O3/c21-16-14(19-10-12-6-2-3-7-18-12)13-11-22-17(23-13)15(16)20-8-4-1-5-9-20/h2-3,6-7,13-17,19,21H,1,4-5,8-11H2. The number of fused-ring (bicyclic) bond motifs is 2. The van der Waals surface area contributed by atoms with Crippen LogP contribution < -0.4 is 5.32 Å². The Hall–Kier alpha value is -1.05. The van der Waals surface area contributed by atoms with Gasteiger partial charge in [0.15, 0.2) is 6.29 Å². The summed E-state index contributed by atoms with van der Waals surface area (Å²) in [5.41, 5.74) is 0.968. The van der Waals surface area contributed by atoms with Gasteiger partial charge in [-0.25, -0.2) is 0 Å². The maximum atomic E-state index is 11.0. The van der Waals surface area contributed by atoms with Gasteiger partial charge < -0.3 is 19.9 Å². The average molecular weight is 319 g/mol. The Morgan fingerprint density at radius 3 is 2.91 bits per heavy atom. The van der Waals surface area contributed by atoms with Gasteiger partial charge in [0.25, 0.3) is 0 Å². The van der Waals surface area contributed by atoms with E-state index in [1.807, 2.05) is 18.2 Å². The van der Waals surface area contributed by atoms with E-state index in [0.717, 1.165) is 18.8 Å². The van der Waals surface area contributed by atoms with Crippen LogP contribution >= 0.6 is 0 Å². The van der Waals surface area contributed by atoms with Crippen molar-refractivity contribution >= 4 is 0 Å². The average Bonchev–Trinajstić information content (AvgIpc) is 3.02. The van der Waals surface area contributed by atoms with Crippen molar-refractivity contribution in [3.05, 3.63) is 30.1 Å². The van der Waals surface area contributed by atoms with Crippen molar-refractivity contribution in [3.8, 4) is 0 Å². The third kappa shape index (κ3) is 3.14. The Morgan fingerprint density at radius 1 is 1.26 bits per heavy atom. The molecule has 2 bridgehead atoms. The van der Waals surface area contributed by atoms with Gasteiger partial charge in [-0.05, 0) is 38.1 Å². The Balaban J connectivity index is 1.45. The highest BCUT2D eigenvalue weighted by Gasteiger charge is 2.51. The molecule has 3 aliphatic rings. The quantitative estimate of drug-likeness (QED) is 0.843. The number of pyridine rings is 1. The van der Waals surface area contributed by atoms with Crippen molar-refractivity contribution in [2.75, 3.05) is 19.7 Å². The molecule has 0 spiro atoms. The van der Waals surface area contributed by atoms with E-state index in [9.17, 15) is 5.11 Å². The fourth-order valence-electron chi connectivity index (χ4n) is 3.98. The van der Waals surface area contributed by atoms with E-state index >= 15 is 0 Å². The van der Waals surface area contributed by atoms with E-state index in [1.165, 1.54) is 19.3 Å². The molecular formula is C17H25N3O3. The summed E-state index contributed by atoms with van der Waals surface area (Å²) in [6.07, 6.45) is 4.58. The normalized spacial score (nSPS) is 37.9. The molecule has 5 unspecified atom stereocenters. The van der Waals surface area contributed by atoms with E-state index in [1.54, 1.807) is 6.20 Å². The number of aliphatic hydroxyl groups is 1. The number of hydrogen-bond donors (Lipinski definition) is 2.